The number of amides is 1. The fourth-order valence-electron chi connectivity index (χ4n) is 3.01. The Morgan fingerprint density at radius 3 is 3.04 bits per heavy atom. The minimum absolute atomic E-state index is 0.0289. The van der Waals surface area contributed by atoms with Crippen LogP contribution in [0.25, 0.3) is 11.3 Å². The predicted molar refractivity (Wildman–Crippen MR) is 85.9 cm³/mol. The average molecular weight is 325 g/mol. The van der Waals surface area contributed by atoms with Gasteiger partial charge in [0, 0.05) is 31.4 Å². The molecular weight excluding hydrogens is 309 g/mol. The Labute approximate surface area is 138 Å². The maximum absolute atomic E-state index is 13.8. The summed E-state index contributed by atoms with van der Waals surface area (Å²) in [5.74, 6) is 0.911. The zero-order valence-corrected chi connectivity index (χ0v) is 12.9. The zero-order chi connectivity index (χ0) is 16.5. The van der Waals surface area contributed by atoms with Gasteiger partial charge in [-0.15, -0.1) is 0 Å². The molecule has 1 aliphatic heterocycles. The van der Waals surface area contributed by atoms with Crippen molar-refractivity contribution in [3.63, 3.8) is 0 Å². The van der Waals surface area contributed by atoms with Crippen LogP contribution in [-0.4, -0.2) is 21.5 Å². The summed E-state index contributed by atoms with van der Waals surface area (Å²) >= 11 is 0. The Kier molecular flexibility index (Phi) is 3.65. The number of rotatable bonds is 3. The number of hydrogen-bond acceptors (Lipinski definition) is 3. The van der Waals surface area contributed by atoms with Crippen molar-refractivity contribution in [2.24, 2.45) is 0 Å². The highest BCUT2D eigenvalue weighted by Gasteiger charge is 2.22. The van der Waals surface area contributed by atoms with Crippen molar-refractivity contribution >= 4 is 5.91 Å². The number of aryl methyl sites for hydroxylation is 1. The smallest absolute Gasteiger partial charge is 0.287 e. The number of benzene rings is 1. The summed E-state index contributed by atoms with van der Waals surface area (Å²) in [4.78, 5) is 16.6. The van der Waals surface area contributed by atoms with E-state index in [0.717, 1.165) is 18.7 Å². The highest BCUT2D eigenvalue weighted by atomic mass is 19.1. The molecule has 1 atom stereocenters. The van der Waals surface area contributed by atoms with Gasteiger partial charge in [-0.3, -0.25) is 4.79 Å². The second kappa shape index (κ2) is 5.96. The summed E-state index contributed by atoms with van der Waals surface area (Å²) in [5.41, 5.74) is 0.345. The third-order valence-corrected chi connectivity index (χ3v) is 4.24. The van der Waals surface area contributed by atoms with Crippen LogP contribution in [0.15, 0.2) is 53.2 Å². The summed E-state index contributed by atoms with van der Waals surface area (Å²) in [6.45, 7) is 0.696. The lowest BCUT2D eigenvalue weighted by atomic mass is 10.1. The van der Waals surface area contributed by atoms with Gasteiger partial charge in [0.25, 0.3) is 5.91 Å². The minimum Gasteiger partial charge on any atom is -0.451 e. The third kappa shape index (κ3) is 2.71. The fraction of sp³-hybridized carbons (Fsp3) is 0.222. The van der Waals surface area contributed by atoms with E-state index in [1.807, 2.05) is 10.8 Å². The lowest BCUT2D eigenvalue weighted by Gasteiger charge is -2.24. The highest BCUT2D eigenvalue weighted by molar-refractivity contribution is 5.92. The van der Waals surface area contributed by atoms with Gasteiger partial charge in [-0.05, 0) is 30.7 Å². The second-order valence-electron chi connectivity index (χ2n) is 5.85. The SMILES string of the molecule is O=C(NC1CCc2nccn2C1)c1ccc(-c2ccccc2F)o1. The van der Waals surface area contributed by atoms with E-state index in [4.69, 9.17) is 4.42 Å². The number of fused-ring (bicyclic) bond motifs is 1. The summed E-state index contributed by atoms with van der Waals surface area (Å²) in [6.07, 6.45) is 5.35. The van der Waals surface area contributed by atoms with Gasteiger partial charge in [-0.25, -0.2) is 9.37 Å². The van der Waals surface area contributed by atoms with Crippen LogP contribution in [0.3, 0.4) is 0 Å². The fourth-order valence-corrected chi connectivity index (χ4v) is 3.01. The molecule has 0 radical (unpaired) electrons. The van der Waals surface area contributed by atoms with Crippen LogP contribution in [0.4, 0.5) is 4.39 Å². The first-order chi connectivity index (χ1) is 11.7. The van der Waals surface area contributed by atoms with Gasteiger partial charge >= 0.3 is 0 Å². The summed E-state index contributed by atoms with van der Waals surface area (Å²) in [5, 5.41) is 2.97. The van der Waals surface area contributed by atoms with Gasteiger partial charge < -0.3 is 14.3 Å². The first-order valence-corrected chi connectivity index (χ1v) is 7.86. The molecule has 0 saturated carbocycles. The van der Waals surface area contributed by atoms with Crippen molar-refractivity contribution in [2.75, 3.05) is 0 Å². The van der Waals surface area contributed by atoms with Crippen molar-refractivity contribution in [3.05, 3.63) is 66.2 Å². The molecule has 0 aliphatic carbocycles. The van der Waals surface area contributed by atoms with Crippen LogP contribution in [0, 0.1) is 5.82 Å². The summed E-state index contributed by atoms with van der Waals surface area (Å²) < 4.78 is 21.4. The number of nitrogens with zero attached hydrogens (tertiary/aromatic N) is 2. The van der Waals surface area contributed by atoms with Gasteiger partial charge in [-0.2, -0.15) is 0 Å². The number of aromatic nitrogens is 2. The quantitative estimate of drug-likeness (QED) is 0.805. The Balaban J connectivity index is 1.47. The topological polar surface area (TPSA) is 60.1 Å². The summed E-state index contributed by atoms with van der Waals surface area (Å²) in [6, 6.07) is 9.54. The molecule has 0 spiro atoms. The van der Waals surface area contributed by atoms with Crippen LogP contribution in [0.1, 0.15) is 22.8 Å². The van der Waals surface area contributed by atoms with Gasteiger partial charge in [-0.1, -0.05) is 12.1 Å². The lowest BCUT2D eigenvalue weighted by molar-refractivity contribution is 0.0900. The highest BCUT2D eigenvalue weighted by Crippen LogP contribution is 2.25. The number of imidazole rings is 1. The maximum Gasteiger partial charge on any atom is 0.287 e. The first-order valence-electron chi connectivity index (χ1n) is 7.86. The maximum atomic E-state index is 13.8. The molecule has 6 heteroatoms. The van der Waals surface area contributed by atoms with E-state index < -0.39 is 0 Å². The van der Waals surface area contributed by atoms with Crippen molar-refractivity contribution < 1.29 is 13.6 Å². The zero-order valence-electron chi connectivity index (χ0n) is 12.9. The van der Waals surface area contributed by atoms with E-state index in [1.165, 1.54) is 6.07 Å². The number of hydrogen-bond donors (Lipinski definition) is 1. The largest absolute Gasteiger partial charge is 0.451 e. The molecule has 3 aromatic rings. The van der Waals surface area contributed by atoms with Crippen LogP contribution < -0.4 is 5.32 Å². The van der Waals surface area contributed by atoms with Crippen molar-refractivity contribution in [1.82, 2.24) is 14.9 Å². The van der Waals surface area contributed by atoms with Crippen molar-refractivity contribution in [2.45, 2.75) is 25.4 Å². The molecule has 4 rings (SSSR count). The van der Waals surface area contributed by atoms with Gasteiger partial charge in [0.05, 0.1) is 5.56 Å². The Morgan fingerprint density at radius 2 is 2.17 bits per heavy atom. The average Bonchev–Trinajstić information content (AvgIpc) is 3.24. The Bertz CT molecular complexity index is 884. The number of nitrogens with one attached hydrogen (secondary N) is 1. The van der Waals surface area contributed by atoms with Crippen LogP contribution >= 0.6 is 0 Å². The van der Waals surface area contributed by atoms with E-state index in [1.54, 1.807) is 36.5 Å². The molecule has 0 fully saturated rings. The molecule has 3 heterocycles. The third-order valence-electron chi connectivity index (χ3n) is 4.24. The molecule has 1 aromatic carbocycles. The number of furan rings is 1. The van der Waals surface area contributed by atoms with Gasteiger partial charge in [0.15, 0.2) is 5.76 Å². The normalized spacial score (nSPS) is 16.6. The Hall–Kier alpha value is -2.89. The molecular formula is C18H16FN3O2. The van der Waals surface area contributed by atoms with E-state index in [-0.39, 0.29) is 23.5 Å². The Morgan fingerprint density at radius 1 is 1.29 bits per heavy atom. The number of carbonyl (C=O) groups excluding carboxylic acids is 1. The molecule has 0 bridgehead atoms. The number of carbonyl (C=O) groups is 1. The van der Waals surface area contributed by atoms with Gasteiger partial charge in [0.2, 0.25) is 0 Å². The molecule has 24 heavy (non-hydrogen) atoms. The van der Waals surface area contributed by atoms with E-state index in [2.05, 4.69) is 10.3 Å². The molecule has 122 valence electrons. The van der Waals surface area contributed by atoms with Crippen LogP contribution in [-0.2, 0) is 13.0 Å². The summed E-state index contributed by atoms with van der Waals surface area (Å²) in [7, 11) is 0. The standard InChI is InChI=1S/C18H16FN3O2/c19-14-4-2-1-3-13(14)15-6-7-16(24-15)18(23)21-12-5-8-17-20-9-10-22(17)11-12/h1-4,6-7,9-10,12H,5,8,11H2,(H,21,23). The first kappa shape index (κ1) is 14.7. The van der Waals surface area contributed by atoms with Crippen LogP contribution in [0.5, 0.6) is 0 Å². The molecule has 2 aromatic heterocycles. The van der Waals surface area contributed by atoms with E-state index in [0.29, 0.717) is 17.9 Å². The molecule has 1 unspecified atom stereocenters. The lowest BCUT2D eigenvalue weighted by Crippen LogP contribution is -2.40. The second-order valence-corrected chi connectivity index (χ2v) is 5.85. The van der Waals surface area contributed by atoms with E-state index >= 15 is 0 Å². The van der Waals surface area contributed by atoms with Crippen molar-refractivity contribution in [1.29, 1.82) is 0 Å². The van der Waals surface area contributed by atoms with Gasteiger partial charge in [0.1, 0.15) is 17.4 Å². The molecule has 1 amide bonds. The minimum atomic E-state index is -0.376. The molecule has 0 saturated heterocycles. The predicted octanol–water partition coefficient (Wildman–Crippen LogP) is 3.03. The van der Waals surface area contributed by atoms with E-state index in [9.17, 15) is 9.18 Å². The monoisotopic (exact) mass is 325 g/mol. The molecule has 1 aliphatic rings. The van der Waals surface area contributed by atoms with Crippen molar-refractivity contribution in [3.8, 4) is 11.3 Å². The molecule has 1 N–H and O–H groups in total. The van der Waals surface area contributed by atoms with Crippen LogP contribution in [0.2, 0.25) is 0 Å². The molecule has 5 nitrogen and oxygen atoms in total. The number of halogens is 1.